The van der Waals surface area contributed by atoms with Gasteiger partial charge in [0.2, 0.25) is 0 Å². The van der Waals surface area contributed by atoms with Gasteiger partial charge in [-0.3, -0.25) is 0 Å². The molecule has 0 saturated heterocycles. The van der Waals surface area contributed by atoms with Crippen molar-refractivity contribution in [2.24, 2.45) is 11.7 Å². The van der Waals surface area contributed by atoms with Gasteiger partial charge in [0.05, 0.1) is 11.1 Å². The number of aromatic nitrogens is 2. The van der Waals surface area contributed by atoms with Gasteiger partial charge in [-0.05, 0) is 36.2 Å². The lowest BCUT2D eigenvalue weighted by atomic mass is 10.1. The van der Waals surface area contributed by atoms with Gasteiger partial charge in [-0.2, -0.15) is 0 Å². The highest BCUT2D eigenvalue weighted by Crippen LogP contribution is 2.31. The van der Waals surface area contributed by atoms with Crippen LogP contribution in [0.15, 0.2) is 42.5 Å². The molecule has 0 spiro atoms. The van der Waals surface area contributed by atoms with Crippen LogP contribution in [0.4, 0.5) is 5.82 Å². The summed E-state index contributed by atoms with van der Waals surface area (Å²) in [7, 11) is 0. The van der Waals surface area contributed by atoms with E-state index in [0.717, 1.165) is 10.9 Å². The zero-order chi connectivity index (χ0) is 18.0. The minimum Gasteiger partial charge on any atom is -0.507 e. The van der Waals surface area contributed by atoms with Gasteiger partial charge < -0.3 is 16.2 Å². The quantitative estimate of drug-likeness (QED) is 0.642. The SMILES string of the molecule is CC(C)[C@@H](N)CNc1nc(-c2ccccc2O)nc2ccc(Cl)cc12. The van der Waals surface area contributed by atoms with Crippen LogP contribution in [0.5, 0.6) is 5.75 Å². The van der Waals surface area contributed by atoms with Gasteiger partial charge in [0.15, 0.2) is 5.82 Å². The van der Waals surface area contributed by atoms with Crippen LogP contribution in [0.2, 0.25) is 5.02 Å². The van der Waals surface area contributed by atoms with Gasteiger partial charge in [0.25, 0.3) is 0 Å². The Morgan fingerprint density at radius 3 is 2.64 bits per heavy atom. The minimum atomic E-state index is -0.00206. The van der Waals surface area contributed by atoms with Gasteiger partial charge >= 0.3 is 0 Å². The van der Waals surface area contributed by atoms with Crippen LogP contribution in [0.3, 0.4) is 0 Å². The number of hydrogen-bond donors (Lipinski definition) is 3. The normalized spacial score (nSPS) is 12.5. The molecule has 2 aromatic carbocycles. The van der Waals surface area contributed by atoms with Crippen LogP contribution < -0.4 is 11.1 Å². The average Bonchev–Trinajstić information content (AvgIpc) is 2.59. The number of nitrogens with one attached hydrogen (secondary N) is 1. The summed E-state index contributed by atoms with van der Waals surface area (Å²) in [5, 5.41) is 14.9. The Balaban J connectivity index is 2.09. The Morgan fingerprint density at radius 1 is 1.16 bits per heavy atom. The summed E-state index contributed by atoms with van der Waals surface area (Å²) in [6.07, 6.45) is 0. The van der Waals surface area contributed by atoms with Crippen molar-refractivity contribution in [1.82, 2.24) is 9.97 Å². The van der Waals surface area contributed by atoms with E-state index in [-0.39, 0.29) is 11.8 Å². The highest BCUT2D eigenvalue weighted by atomic mass is 35.5. The summed E-state index contributed by atoms with van der Waals surface area (Å²) in [5.41, 5.74) is 7.47. The number of phenolic OH excluding ortho intramolecular Hbond substituents is 1. The Bertz CT molecular complexity index is 898. The molecule has 3 aromatic rings. The first-order chi connectivity index (χ1) is 12.0. The first-order valence-corrected chi connectivity index (χ1v) is 8.58. The maximum atomic E-state index is 10.1. The molecule has 1 aromatic heterocycles. The Kier molecular flexibility index (Phi) is 5.06. The fraction of sp³-hybridized carbons (Fsp3) is 0.263. The van der Waals surface area contributed by atoms with E-state index in [9.17, 15) is 5.11 Å². The molecule has 6 heteroatoms. The van der Waals surface area contributed by atoms with E-state index in [1.165, 1.54) is 0 Å². The van der Waals surface area contributed by atoms with Crippen molar-refractivity contribution in [3.05, 3.63) is 47.5 Å². The Labute approximate surface area is 151 Å². The highest BCUT2D eigenvalue weighted by Gasteiger charge is 2.14. The van der Waals surface area contributed by atoms with E-state index in [4.69, 9.17) is 17.3 Å². The van der Waals surface area contributed by atoms with Crippen molar-refractivity contribution >= 4 is 28.3 Å². The zero-order valence-corrected chi connectivity index (χ0v) is 15.0. The molecule has 25 heavy (non-hydrogen) atoms. The van der Waals surface area contributed by atoms with Crippen molar-refractivity contribution in [1.29, 1.82) is 0 Å². The summed E-state index contributed by atoms with van der Waals surface area (Å²) in [4.78, 5) is 9.18. The maximum Gasteiger partial charge on any atom is 0.165 e. The number of benzene rings is 2. The molecule has 0 amide bonds. The topological polar surface area (TPSA) is 84.1 Å². The van der Waals surface area contributed by atoms with Crippen LogP contribution >= 0.6 is 11.6 Å². The van der Waals surface area contributed by atoms with Gasteiger partial charge in [0, 0.05) is 23.0 Å². The average molecular weight is 357 g/mol. The van der Waals surface area contributed by atoms with Crippen LogP contribution in [-0.4, -0.2) is 27.7 Å². The minimum absolute atomic E-state index is 0.00206. The van der Waals surface area contributed by atoms with Crippen molar-refractivity contribution in [3.63, 3.8) is 0 Å². The van der Waals surface area contributed by atoms with Crippen molar-refractivity contribution < 1.29 is 5.11 Å². The molecule has 3 rings (SSSR count). The van der Waals surface area contributed by atoms with E-state index >= 15 is 0 Å². The number of nitrogens with zero attached hydrogens (tertiary/aromatic N) is 2. The zero-order valence-electron chi connectivity index (χ0n) is 14.2. The summed E-state index contributed by atoms with van der Waals surface area (Å²) < 4.78 is 0. The van der Waals surface area contributed by atoms with Gasteiger partial charge in [-0.1, -0.05) is 37.6 Å². The van der Waals surface area contributed by atoms with Crippen LogP contribution in [0, 0.1) is 5.92 Å². The number of nitrogens with two attached hydrogens (primary N) is 1. The summed E-state index contributed by atoms with van der Waals surface area (Å²) in [6.45, 7) is 4.74. The summed E-state index contributed by atoms with van der Waals surface area (Å²) >= 11 is 6.14. The standard InChI is InChI=1S/C19H21ClN4O/c1-11(2)15(21)10-22-18-14-9-12(20)7-8-16(14)23-19(24-18)13-5-3-4-6-17(13)25/h3-9,11,15,25H,10,21H2,1-2H3,(H,22,23,24)/t15-/m0/s1. The van der Waals surface area contributed by atoms with Crippen LogP contribution in [0.1, 0.15) is 13.8 Å². The molecular weight excluding hydrogens is 336 g/mol. The van der Waals surface area contributed by atoms with Gasteiger partial charge in [-0.15, -0.1) is 0 Å². The predicted octanol–water partition coefficient (Wildman–Crippen LogP) is 4.05. The molecule has 1 heterocycles. The first-order valence-electron chi connectivity index (χ1n) is 8.21. The van der Waals surface area contributed by atoms with Crippen molar-refractivity contribution in [2.75, 3.05) is 11.9 Å². The van der Waals surface area contributed by atoms with Crippen LogP contribution in [0.25, 0.3) is 22.3 Å². The third kappa shape index (κ3) is 3.83. The lowest BCUT2D eigenvalue weighted by molar-refractivity contribution is 0.477. The lowest BCUT2D eigenvalue weighted by Crippen LogP contribution is -2.34. The van der Waals surface area contributed by atoms with E-state index in [0.29, 0.717) is 34.7 Å². The number of rotatable bonds is 5. The number of anilines is 1. The molecule has 0 aliphatic carbocycles. The summed E-state index contributed by atoms with van der Waals surface area (Å²) in [5.74, 6) is 1.60. The van der Waals surface area contributed by atoms with Crippen LogP contribution in [-0.2, 0) is 0 Å². The largest absolute Gasteiger partial charge is 0.507 e. The second kappa shape index (κ2) is 7.25. The second-order valence-corrected chi connectivity index (χ2v) is 6.80. The number of hydrogen-bond acceptors (Lipinski definition) is 5. The number of aromatic hydroxyl groups is 1. The molecule has 1 atom stereocenters. The Hall–Kier alpha value is -2.37. The predicted molar refractivity (Wildman–Crippen MR) is 103 cm³/mol. The lowest BCUT2D eigenvalue weighted by Gasteiger charge is -2.18. The molecule has 0 aliphatic heterocycles. The smallest absolute Gasteiger partial charge is 0.165 e. The monoisotopic (exact) mass is 356 g/mol. The van der Waals surface area contributed by atoms with Gasteiger partial charge in [-0.25, -0.2) is 9.97 Å². The van der Waals surface area contributed by atoms with E-state index in [1.54, 1.807) is 24.3 Å². The molecule has 130 valence electrons. The molecule has 0 aliphatic rings. The number of para-hydroxylation sites is 1. The number of fused-ring (bicyclic) bond motifs is 1. The third-order valence-corrected chi connectivity index (χ3v) is 4.40. The first kappa shape index (κ1) is 17.5. The maximum absolute atomic E-state index is 10.1. The van der Waals surface area contributed by atoms with Crippen molar-refractivity contribution in [2.45, 2.75) is 19.9 Å². The number of phenols is 1. The molecule has 4 N–H and O–H groups in total. The molecule has 0 bridgehead atoms. The van der Waals surface area contributed by atoms with E-state index < -0.39 is 0 Å². The fourth-order valence-corrected chi connectivity index (χ4v) is 2.64. The molecule has 0 fully saturated rings. The molecule has 0 unspecified atom stereocenters. The highest BCUT2D eigenvalue weighted by molar-refractivity contribution is 6.31. The molecular formula is C19H21ClN4O. The molecule has 0 radical (unpaired) electrons. The van der Waals surface area contributed by atoms with Gasteiger partial charge in [0.1, 0.15) is 11.6 Å². The Morgan fingerprint density at radius 2 is 1.92 bits per heavy atom. The summed E-state index contributed by atoms with van der Waals surface area (Å²) in [6, 6.07) is 12.5. The molecule has 0 saturated carbocycles. The molecule has 5 nitrogen and oxygen atoms in total. The van der Waals surface area contributed by atoms with E-state index in [1.807, 2.05) is 18.2 Å². The second-order valence-electron chi connectivity index (χ2n) is 6.36. The fourth-order valence-electron chi connectivity index (χ4n) is 2.47. The number of halogens is 1. The van der Waals surface area contributed by atoms with Crippen molar-refractivity contribution in [3.8, 4) is 17.1 Å². The van der Waals surface area contributed by atoms with E-state index in [2.05, 4.69) is 29.1 Å². The third-order valence-electron chi connectivity index (χ3n) is 4.16.